The summed E-state index contributed by atoms with van der Waals surface area (Å²) >= 11 is 0. The van der Waals surface area contributed by atoms with Gasteiger partial charge in [-0.05, 0) is 100 Å². The third-order valence-electron chi connectivity index (χ3n) is 11.9. The van der Waals surface area contributed by atoms with Crippen molar-refractivity contribution in [1.82, 2.24) is 0 Å². The summed E-state index contributed by atoms with van der Waals surface area (Å²) in [5, 5.41) is 13.9. The molecular formula is C43H50F6N2O2. The van der Waals surface area contributed by atoms with Gasteiger partial charge in [0.15, 0.2) is 18.0 Å². The van der Waals surface area contributed by atoms with Crippen LogP contribution < -0.4 is 10.0 Å². The Balaban J connectivity index is 1.41. The number of fused-ring (bicyclic) bond motifs is 1. The first-order valence-corrected chi connectivity index (χ1v) is 19.3. The van der Waals surface area contributed by atoms with Crippen LogP contribution in [-0.2, 0) is 29.0 Å². The monoisotopic (exact) mass is 740 g/mol. The maximum atomic E-state index is 13.9. The van der Waals surface area contributed by atoms with Gasteiger partial charge in [-0.2, -0.15) is 30.9 Å². The van der Waals surface area contributed by atoms with Gasteiger partial charge >= 0.3 is 12.4 Å². The molecule has 0 aromatic heterocycles. The zero-order chi connectivity index (χ0) is 38.3. The summed E-state index contributed by atoms with van der Waals surface area (Å²) in [7, 11) is 0. The van der Waals surface area contributed by atoms with Gasteiger partial charge in [0.25, 0.3) is 0 Å². The average Bonchev–Trinajstić information content (AvgIpc) is 3.34. The van der Waals surface area contributed by atoms with Crippen LogP contribution in [0.3, 0.4) is 0 Å². The number of hydrogen-bond acceptors (Lipinski definition) is 3. The van der Waals surface area contributed by atoms with Crippen LogP contribution in [0.2, 0.25) is 0 Å². The lowest BCUT2D eigenvalue weighted by Crippen LogP contribution is -2.35. The molecule has 0 saturated heterocycles. The predicted molar refractivity (Wildman–Crippen MR) is 194 cm³/mol. The van der Waals surface area contributed by atoms with E-state index in [1.54, 1.807) is 12.2 Å². The summed E-state index contributed by atoms with van der Waals surface area (Å²) in [6, 6.07) is 7.61. The van der Waals surface area contributed by atoms with E-state index >= 15 is 0 Å². The van der Waals surface area contributed by atoms with Crippen molar-refractivity contribution in [2.24, 2.45) is 11.8 Å². The Labute approximate surface area is 309 Å². The first-order valence-electron chi connectivity index (χ1n) is 19.3. The number of anilines is 1. The third-order valence-corrected chi connectivity index (χ3v) is 11.9. The van der Waals surface area contributed by atoms with Gasteiger partial charge in [-0.25, -0.2) is 0 Å². The van der Waals surface area contributed by atoms with Gasteiger partial charge in [-0.1, -0.05) is 58.1 Å². The summed E-state index contributed by atoms with van der Waals surface area (Å²) in [4.78, 5) is 15.9. The smallest absolute Gasteiger partial charge is 0.416 e. The highest BCUT2D eigenvalue weighted by Crippen LogP contribution is 2.45. The van der Waals surface area contributed by atoms with Crippen LogP contribution in [0, 0.1) is 11.8 Å². The highest BCUT2D eigenvalue weighted by molar-refractivity contribution is 6.24. The van der Waals surface area contributed by atoms with Crippen LogP contribution in [0.1, 0.15) is 121 Å². The summed E-state index contributed by atoms with van der Waals surface area (Å²) in [6.07, 6.45) is 5.64. The molecule has 0 amide bonds. The Morgan fingerprint density at radius 1 is 0.868 bits per heavy atom. The van der Waals surface area contributed by atoms with E-state index in [4.69, 9.17) is 0 Å². The second-order valence-corrected chi connectivity index (χ2v) is 15.8. The fourth-order valence-corrected chi connectivity index (χ4v) is 8.81. The molecule has 0 N–H and O–H groups in total. The van der Waals surface area contributed by atoms with E-state index < -0.39 is 40.4 Å². The van der Waals surface area contributed by atoms with Crippen molar-refractivity contribution in [1.29, 1.82) is 0 Å². The number of ketones is 1. The van der Waals surface area contributed by atoms with Crippen molar-refractivity contribution in [3.8, 4) is 0 Å². The molecule has 0 unspecified atom stereocenters. The molecule has 4 nitrogen and oxygen atoms in total. The lowest BCUT2D eigenvalue weighted by atomic mass is 9.78. The number of rotatable bonds is 10. The molecule has 2 aromatic rings. The van der Waals surface area contributed by atoms with Crippen LogP contribution in [0.4, 0.5) is 37.7 Å². The van der Waals surface area contributed by atoms with Gasteiger partial charge < -0.3 is 10.0 Å². The summed E-state index contributed by atoms with van der Waals surface area (Å²) in [5.41, 5.74) is 1.31. The largest absolute Gasteiger partial charge is 0.871 e. The number of carbonyl (C=O) groups excluding carboxylic acids is 1. The van der Waals surface area contributed by atoms with Crippen LogP contribution in [0.5, 0.6) is 0 Å². The number of allylic oxidation sites excluding steroid dienone is 5. The molecule has 1 heterocycles. The van der Waals surface area contributed by atoms with Crippen LogP contribution in [-0.4, -0.2) is 29.2 Å². The molecule has 3 aliphatic carbocycles. The lowest BCUT2D eigenvalue weighted by molar-refractivity contribution is -0.447. The van der Waals surface area contributed by atoms with Gasteiger partial charge in [-0.15, -0.1) is 0 Å². The van der Waals surface area contributed by atoms with Crippen molar-refractivity contribution < 1.29 is 40.8 Å². The topological polar surface area (TPSA) is 46.4 Å². The Hall–Kier alpha value is -3.82. The Morgan fingerprint density at radius 3 is 2.02 bits per heavy atom. The van der Waals surface area contributed by atoms with Crippen LogP contribution in [0.25, 0.3) is 0 Å². The van der Waals surface area contributed by atoms with Crippen molar-refractivity contribution in [3.63, 3.8) is 0 Å². The molecule has 4 aliphatic rings. The number of benzene rings is 2. The third kappa shape index (κ3) is 7.88. The fourth-order valence-electron chi connectivity index (χ4n) is 8.81. The van der Waals surface area contributed by atoms with E-state index in [0.717, 1.165) is 76.3 Å². The lowest BCUT2D eigenvalue weighted by Gasteiger charge is -2.36. The highest BCUT2D eigenvalue weighted by atomic mass is 19.4. The van der Waals surface area contributed by atoms with Crippen molar-refractivity contribution >= 4 is 22.9 Å². The molecule has 1 aliphatic heterocycles. The molecule has 0 spiro atoms. The molecule has 6 rings (SSSR count). The molecule has 10 heteroatoms. The average molecular weight is 741 g/mol. The Bertz CT molecular complexity index is 1850. The number of Topliss-reactive ketones (excluding diaryl/α,β-unsaturated/α-hetero) is 1. The molecular weight excluding hydrogens is 690 g/mol. The van der Waals surface area contributed by atoms with E-state index in [0.29, 0.717) is 71.7 Å². The van der Waals surface area contributed by atoms with E-state index in [-0.39, 0.29) is 11.1 Å². The fraction of sp³-hybridized carbons (Fsp3) is 0.535. The molecule has 286 valence electrons. The standard InChI is InChI=1S/C43H50F6N2O2/c1-5-29-21-30(42(44,45)46)17-19-36(29)50(25-27-13-9-7-10-14-27)32(6-2)23-33-39(52)34(40(33)53)24-38-41(3,4)35-22-31(43(47,48)49)18-20-37(35)51(38)26-28-15-11-8-12-16-28/h17-24,27-28H,5-16,25-26H2,1-4H3. The maximum Gasteiger partial charge on any atom is 0.416 e. The number of nitrogens with zero attached hydrogens (tertiary/aromatic N) is 2. The highest BCUT2D eigenvalue weighted by Gasteiger charge is 2.48. The van der Waals surface area contributed by atoms with Crippen LogP contribution in [0.15, 0.2) is 71.2 Å². The van der Waals surface area contributed by atoms with Crippen molar-refractivity contribution in [2.75, 3.05) is 18.0 Å². The summed E-state index contributed by atoms with van der Waals surface area (Å²) in [6.45, 7) is 8.56. The SMILES string of the molecule is CC/C(=C/C1=C([O-])C(=C/C2=[N+](CC3CCCCC3)c3ccc(C(F)(F)F)cc3C2(C)C)/C1=O)N(CC1CCCCC1)c1ccc(C(F)(F)F)cc1CC. The van der Waals surface area contributed by atoms with Gasteiger partial charge in [0, 0.05) is 52.7 Å². The second-order valence-electron chi connectivity index (χ2n) is 15.8. The van der Waals surface area contributed by atoms with E-state index in [1.807, 2.05) is 37.2 Å². The normalized spacial score (nSPS) is 21.1. The minimum absolute atomic E-state index is 0.00474. The zero-order valence-electron chi connectivity index (χ0n) is 31.2. The van der Waals surface area contributed by atoms with Crippen molar-refractivity contribution in [2.45, 2.75) is 123 Å². The first kappa shape index (κ1) is 38.9. The van der Waals surface area contributed by atoms with Gasteiger partial charge in [0.1, 0.15) is 0 Å². The van der Waals surface area contributed by atoms with Gasteiger partial charge in [0.2, 0.25) is 5.69 Å². The molecule has 53 heavy (non-hydrogen) atoms. The molecule has 0 radical (unpaired) electrons. The Kier molecular flexibility index (Phi) is 11.1. The van der Waals surface area contributed by atoms with Crippen molar-refractivity contribution in [3.05, 3.63) is 93.4 Å². The maximum absolute atomic E-state index is 13.9. The van der Waals surface area contributed by atoms with E-state index in [1.165, 1.54) is 24.3 Å². The minimum atomic E-state index is -4.52. The predicted octanol–water partition coefficient (Wildman–Crippen LogP) is 10.7. The number of carbonyl (C=O) groups is 1. The van der Waals surface area contributed by atoms with E-state index in [9.17, 15) is 36.2 Å². The zero-order valence-corrected chi connectivity index (χ0v) is 31.2. The molecule has 2 saturated carbocycles. The van der Waals surface area contributed by atoms with E-state index in [2.05, 4.69) is 0 Å². The number of alkyl halides is 6. The molecule has 0 atom stereocenters. The number of aryl methyl sites for hydroxylation is 1. The summed E-state index contributed by atoms with van der Waals surface area (Å²) in [5.74, 6) is -0.224. The van der Waals surface area contributed by atoms with Gasteiger partial charge in [-0.3, -0.25) is 4.79 Å². The quantitative estimate of drug-likeness (QED) is 0.138. The molecule has 2 aromatic carbocycles. The summed E-state index contributed by atoms with van der Waals surface area (Å²) < 4.78 is 84.7. The number of halogens is 6. The first-order chi connectivity index (χ1) is 25.0. The van der Waals surface area contributed by atoms with Gasteiger partial charge in [0.05, 0.1) is 16.5 Å². The molecule has 0 bridgehead atoms. The second kappa shape index (κ2) is 15.1. The van der Waals surface area contributed by atoms with Crippen LogP contribution >= 0.6 is 0 Å². The number of hydrogen-bond donors (Lipinski definition) is 0. The molecule has 2 fully saturated rings. The Morgan fingerprint density at radius 2 is 1.45 bits per heavy atom. The minimum Gasteiger partial charge on any atom is -0.871 e.